The van der Waals surface area contributed by atoms with E-state index in [1.54, 1.807) is 18.9 Å². The van der Waals surface area contributed by atoms with E-state index in [1.165, 1.54) is 0 Å². The lowest BCUT2D eigenvalue weighted by Crippen LogP contribution is -2.46. The van der Waals surface area contributed by atoms with Gasteiger partial charge in [-0.15, -0.1) is 0 Å². The topological polar surface area (TPSA) is 61.4 Å². The van der Waals surface area contributed by atoms with Crippen molar-refractivity contribution in [2.45, 2.75) is 19.4 Å². The number of carbonyl (C=O) groups excluding carboxylic acids is 2. The van der Waals surface area contributed by atoms with Crippen molar-refractivity contribution in [2.24, 2.45) is 0 Å². The van der Waals surface area contributed by atoms with E-state index >= 15 is 0 Å². The van der Waals surface area contributed by atoms with Crippen molar-refractivity contribution < 1.29 is 9.59 Å². The molecule has 1 saturated heterocycles. The first-order valence-electron chi connectivity index (χ1n) is 4.88. The highest BCUT2D eigenvalue weighted by Crippen LogP contribution is 1.99. The van der Waals surface area contributed by atoms with Crippen LogP contribution in [0.15, 0.2) is 0 Å². The van der Waals surface area contributed by atoms with E-state index in [2.05, 4.69) is 10.6 Å². The molecule has 1 heterocycles. The van der Waals surface area contributed by atoms with Gasteiger partial charge in [0.05, 0.1) is 12.6 Å². The normalized spacial score (nSPS) is 19.9. The monoisotopic (exact) mass is 199 g/mol. The van der Waals surface area contributed by atoms with Crippen molar-refractivity contribution in [3.05, 3.63) is 0 Å². The average molecular weight is 199 g/mol. The summed E-state index contributed by atoms with van der Waals surface area (Å²) in [6.07, 6.45) is 0.827. The van der Waals surface area contributed by atoms with E-state index in [1.807, 2.05) is 0 Å². The van der Waals surface area contributed by atoms with Crippen molar-refractivity contribution >= 4 is 11.8 Å². The maximum absolute atomic E-state index is 11.7. The zero-order valence-corrected chi connectivity index (χ0v) is 8.67. The highest BCUT2D eigenvalue weighted by atomic mass is 16.2. The average Bonchev–Trinajstić information content (AvgIpc) is 2.40. The number of likely N-dealkylation sites (N-methyl/N-ethyl adjacent to an activating group) is 1. The minimum absolute atomic E-state index is 0.00968. The van der Waals surface area contributed by atoms with E-state index < -0.39 is 0 Å². The number of nitrogens with one attached hydrogen (secondary N) is 2. The summed E-state index contributed by atoms with van der Waals surface area (Å²) in [6.45, 7) is 3.30. The molecule has 1 rings (SSSR count). The van der Waals surface area contributed by atoms with Crippen LogP contribution in [0.1, 0.15) is 13.3 Å². The second-order valence-corrected chi connectivity index (χ2v) is 3.47. The molecule has 1 atom stereocenters. The van der Waals surface area contributed by atoms with Crippen molar-refractivity contribution in [1.82, 2.24) is 15.5 Å². The molecule has 0 aromatic carbocycles. The summed E-state index contributed by atoms with van der Waals surface area (Å²) < 4.78 is 0. The molecule has 1 fully saturated rings. The summed E-state index contributed by atoms with van der Waals surface area (Å²) >= 11 is 0. The van der Waals surface area contributed by atoms with Crippen LogP contribution < -0.4 is 10.6 Å². The molecule has 0 aromatic rings. The third-order valence-corrected chi connectivity index (χ3v) is 2.38. The third kappa shape index (κ3) is 2.70. The first-order chi connectivity index (χ1) is 6.65. The van der Waals surface area contributed by atoms with E-state index in [0.29, 0.717) is 13.1 Å². The van der Waals surface area contributed by atoms with Crippen molar-refractivity contribution in [3.63, 3.8) is 0 Å². The predicted octanol–water partition coefficient (Wildman–Crippen LogP) is -1.06. The van der Waals surface area contributed by atoms with Gasteiger partial charge in [0.15, 0.2) is 0 Å². The van der Waals surface area contributed by atoms with Crippen LogP contribution in [0, 0.1) is 0 Å². The molecule has 14 heavy (non-hydrogen) atoms. The Kier molecular flexibility index (Phi) is 3.88. The fraction of sp³-hybridized carbons (Fsp3) is 0.778. The van der Waals surface area contributed by atoms with Gasteiger partial charge in [-0.25, -0.2) is 0 Å². The molecule has 1 aliphatic heterocycles. The van der Waals surface area contributed by atoms with Gasteiger partial charge in [-0.05, 0) is 20.4 Å². The highest BCUT2D eigenvalue weighted by molar-refractivity contribution is 5.87. The summed E-state index contributed by atoms with van der Waals surface area (Å²) in [5.74, 6) is -0.0799. The number of carbonyl (C=O) groups is 2. The second kappa shape index (κ2) is 4.95. The highest BCUT2D eigenvalue weighted by Gasteiger charge is 2.22. The molecule has 0 saturated carbocycles. The summed E-state index contributed by atoms with van der Waals surface area (Å²) in [7, 11) is 1.74. The van der Waals surface area contributed by atoms with Gasteiger partial charge in [-0.2, -0.15) is 0 Å². The van der Waals surface area contributed by atoms with Gasteiger partial charge in [0.25, 0.3) is 0 Å². The lowest BCUT2D eigenvalue weighted by Gasteiger charge is -2.22. The van der Waals surface area contributed by atoms with Crippen LogP contribution in [-0.4, -0.2) is 49.4 Å². The van der Waals surface area contributed by atoms with E-state index in [4.69, 9.17) is 0 Å². The molecular formula is C9H17N3O2. The molecular weight excluding hydrogens is 182 g/mol. The van der Waals surface area contributed by atoms with Gasteiger partial charge in [0.1, 0.15) is 0 Å². The second-order valence-electron chi connectivity index (χ2n) is 3.47. The number of rotatable bonds is 2. The molecule has 0 unspecified atom stereocenters. The van der Waals surface area contributed by atoms with E-state index in [9.17, 15) is 9.59 Å². The van der Waals surface area contributed by atoms with Crippen LogP contribution in [0.4, 0.5) is 0 Å². The number of hydrogen-bond donors (Lipinski definition) is 2. The molecule has 0 spiro atoms. The Balaban J connectivity index is 2.56. The quantitative estimate of drug-likeness (QED) is 0.596. The van der Waals surface area contributed by atoms with Crippen LogP contribution in [-0.2, 0) is 9.59 Å². The van der Waals surface area contributed by atoms with Gasteiger partial charge in [0, 0.05) is 13.1 Å². The molecule has 0 aromatic heterocycles. The first-order valence-corrected chi connectivity index (χ1v) is 4.88. The first kappa shape index (κ1) is 11.0. The maximum atomic E-state index is 11.7. The SMILES string of the molecule is CN[C@@H](C)C(=O)N1CCCNC(=O)C1. The Morgan fingerprint density at radius 2 is 2.36 bits per heavy atom. The summed E-state index contributed by atoms with van der Waals surface area (Å²) in [5, 5.41) is 5.61. The van der Waals surface area contributed by atoms with E-state index in [-0.39, 0.29) is 24.4 Å². The lowest BCUT2D eigenvalue weighted by molar-refractivity contribution is -0.136. The molecule has 2 N–H and O–H groups in total. The lowest BCUT2D eigenvalue weighted by atomic mass is 10.2. The molecule has 1 aliphatic rings. The Labute approximate surface area is 83.8 Å². The van der Waals surface area contributed by atoms with Gasteiger partial charge >= 0.3 is 0 Å². The molecule has 0 bridgehead atoms. The van der Waals surface area contributed by atoms with Gasteiger partial charge < -0.3 is 15.5 Å². The smallest absolute Gasteiger partial charge is 0.239 e. The molecule has 0 radical (unpaired) electrons. The molecule has 5 heteroatoms. The fourth-order valence-corrected chi connectivity index (χ4v) is 1.39. The Bertz CT molecular complexity index is 230. The Morgan fingerprint density at radius 1 is 1.64 bits per heavy atom. The number of hydrogen-bond acceptors (Lipinski definition) is 3. The van der Waals surface area contributed by atoms with Crippen LogP contribution in [0.2, 0.25) is 0 Å². The molecule has 0 aliphatic carbocycles. The van der Waals surface area contributed by atoms with Crippen molar-refractivity contribution in [2.75, 3.05) is 26.7 Å². The summed E-state index contributed by atoms with van der Waals surface area (Å²) in [4.78, 5) is 24.5. The van der Waals surface area contributed by atoms with E-state index in [0.717, 1.165) is 6.42 Å². The van der Waals surface area contributed by atoms with Crippen LogP contribution in [0.5, 0.6) is 0 Å². The maximum Gasteiger partial charge on any atom is 0.239 e. The number of amides is 2. The van der Waals surface area contributed by atoms with Gasteiger partial charge in [0.2, 0.25) is 11.8 Å². The molecule has 80 valence electrons. The minimum atomic E-state index is -0.221. The minimum Gasteiger partial charge on any atom is -0.354 e. The standard InChI is InChI=1S/C9H17N3O2/c1-7(10-2)9(14)12-5-3-4-11-8(13)6-12/h7,10H,3-6H2,1-2H3,(H,11,13)/t7-/m0/s1. The molecule has 2 amide bonds. The number of nitrogens with zero attached hydrogens (tertiary/aromatic N) is 1. The van der Waals surface area contributed by atoms with Gasteiger partial charge in [-0.1, -0.05) is 0 Å². The largest absolute Gasteiger partial charge is 0.354 e. The fourth-order valence-electron chi connectivity index (χ4n) is 1.39. The van der Waals surface area contributed by atoms with Crippen LogP contribution in [0.3, 0.4) is 0 Å². The third-order valence-electron chi connectivity index (χ3n) is 2.38. The zero-order valence-electron chi connectivity index (χ0n) is 8.67. The summed E-state index contributed by atoms with van der Waals surface area (Å²) in [5.41, 5.74) is 0. The zero-order chi connectivity index (χ0) is 10.6. The molecule has 5 nitrogen and oxygen atoms in total. The Hall–Kier alpha value is -1.10. The van der Waals surface area contributed by atoms with Crippen molar-refractivity contribution in [3.8, 4) is 0 Å². The summed E-state index contributed by atoms with van der Waals surface area (Å²) in [6, 6.07) is -0.221. The van der Waals surface area contributed by atoms with Crippen LogP contribution >= 0.6 is 0 Å². The van der Waals surface area contributed by atoms with Gasteiger partial charge in [-0.3, -0.25) is 9.59 Å². The van der Waals surface area contributed by atoms with Crippen LogP contribution in [0.25, 0.3) is 0 Å². The van der Waals surface area contributed by atoms with Crippen molar-refractivity contribution in [1.29, 1.82) is 0 Å². The Morgan fingerprint density at radius 3 is 3.00 bits per heavy atom. The predicted molar refractivity (Wildman–Crippen MR) is 52.7 cm³/mol.